The van der Waals surface area contributed by atoms with Crippen molar-refractivity contribution < 1.29 is 9.47 Å². The number of hydrazine groups is 1. The van der Waals surface area contributed by atoms with Gasteiger partial charge in [0.1, 0.15) is 0 Å². The Morgan fingerprint density at radius 1 is 0.519 bits per heavy atom. The molecule has 0 atom stereocenters. The molecule has 7 aromatic rings. The summed E-state index contributed by atoms with van der Waals surface area (Å²) in [5.74, 6) is 9.79. The number of ether oxygens (including phenoxy) is 2. The van der Waals surface area contributed by atoms with Crippen LogP contribution in [0.15, 0.2) is 201 Å². The first-order valence-electron chi connectivity index (χ1n) is 17.7. The van der Waals surface area contributed by atoms with Crippen LogP contribution in [-0.2, 0) is 0 Å². The molecular weight excluding hydrogens is 667 g/mol. The van der Waals surface area contributed by atoms with Crippen LogP contribution in [0.2, 0.25) is 0 Å². The number of rotatable bonds is 5. The van der Waals surface area contributed by atoms with Crippen molar-refractivity contribution in [3.63, 3.8) is 0 Å². The zero-order valence-corrected chi connectivity index (χ0v) is 30.0. The van der Waals surface area contributed by atoms with E-state index in [1.807, 2.05) is 159 Å². The standard InChI is InChI=1S/C38H29N5O2.C6H6.C3H6/c39-30(26-20-22-27(23-21-26)42-31-12-1-5-16-35(31)44-36-17-6-2-13-32(36)42)25-41(40)28-10-9-11-29(24-28)43-33-14-3-7-18-37(33)45-38-19-8-4-15-34(38)43;1-2-4-6-5-3-1;1-3-2/h1-25H,39-40H2;1-6H;3H,1H2,2H3/b30-25-;;. The van der Waals surface area contributed by atoms with Gasteiger partial charge < -0.3 is 25.0 Å². The first kappa shape index (κ1) is 35.2. The summed E-state index contributed by atoms with van der Waals surface area (Å²) in [5, 5.41) is 1.56. The Morgan fingerprint density at radius 2 is 0.907 bits per heavy atom. The lowest BCUT2D eigenvalue weighted by molar-refractivity contribution is 0.477. The van der Waals surface area contributed by atoms with Gasteiger partial charge in [-0.1, -0.05) is 109 Å². The molecule has 2 aliphatic rings. The van der Waals surface area contributed by atoms with Gasteiger partial charge in [-0.25, -0.2) is 5.84 Å². The third-order valence-electron chi connectivity index (χ3n) is 8.65. The summed E-state index contributed by atoms with van der Waals surface area (Å²) in [6.07, 6.45) is 3.49. The van der Waals surface area contributed by atoms with Crippen LogP contribution < -0.4 is 35.9 Å². The molecule has 54 heavy (non-hydrogen) atoms. The van der Waals surface area contributed by atoms with Crippen molar-refractivity contribution in [1.82, 2.24) is 0 Å². The lowest BCUT2D eigenvalue weighted by Crippen LogP contribution is -2.26. The minimum absolute atomic E-state index is 0.541. The van der Waals surface area contributed by atoms with Crippen molar-refractivity contribution >= 4 is 45.5 Å². The highest BCUT2D eigenvalue weighted by atomic mass is 16.5. The van der Waals surface area contributed by atoms with Gasteiger partial charge in [-0.15, -0.1) is 6.58 Å². The number of benzene rings is 7. The van der Waals surface area contributed by atoms with Crippen LogP contribution in [0.4, 0.5) is 39.8 Å². The number of nitrogens with zero attached hydrogens (tertiary/aromatic N) is 3. The van der Waals surface area contributed by atoms with E-state index in [2.05, 4.69) is 46.7 Å². The molecule has 0 amide bonds. The molecule has 0 radical (unpaired) electrons. The van der Waals surface area contributed by atoms with Gasteiger partial charge >= 0.3 is 0 Å². The lowest BCUT2D eigenvalue weighted by Gasteiger charge is -2.33. The van der Waals surface area contributed by atoms with Gasteiger partial charge in [0.15, 0.2) is 23.0 Å². The predicted octanol–water partition coefficient (Wildman–Crippen LogP) is 12.4. The first-order valence-corrected chi connectivity index (χ1v) is 17.7. The van der Waals surface area contributed by atoms with Gasteiger partial charge in [-0.3, -0.25) is 5.01 Å². The molecule has 0 aliphatic carbocycles. The fourth-order valence-corrected chi connectivity index (χ4v) is 6.25. The average Bonchev–Trinajstić information content (AvgIpc) is 3.23. The van der Waals surface area contributed by atoms with Gasteiger partial charge in [0, 0.05) is 17.6 Å². The fraction of sp³-hybridized carbons (Fsp3) is 0.0213. The topological polar surface area (TPSA) is 80.2 Å². The summed E-state index contributed by atoms with van der Waals surface area (Å²) >= 11 is 0. The van der Waals surface area contributed by atoms with E-state index in [0.29, 0.717) is 5.70 Å². The molecule has 2 heterocycles. The molecule has 0 aromatic heterocycles. The minimum Gasteiger partial charge on any atom is -0.453 e. The summed E-state index contributed by atoms with van der Waals surface area (Å²) in [5.41, 5.74) is 14.6. The maximum absolute atomic E-state index is 6.60. The largest absolute Gasteiger partial charge is 0.453 e. The highest BCUT2D eigenvalue weighted by Crippen LogP contribution is 2.51. The van der Waals surface area contributed by atoms with Crippen LogP contribution >= 0.6 is 0 Å². The van der Waals surface area contributed by atoms with Crippen molar-refractivity contribution in [1.29, 1.82) is 0 Å². The Kier molecular flexibility index (Phi) is 10.7. The Labute approximate surface area is 316 Å². The van der Waals surface area contributed by atoms with E-state index >= 15 is 0 Å². The molecule has 7 nitrogen and oxygen atoms in total. The third-order valence-corrected chi connectivity index (χ3v) is 8.65. The van der Waals surface area contributed by atoms with Crippen molar-refractivity contribution in [2.75, 3.05) is 14.8 Å². The Balaban J connectivity index is 0.000000446. The Hall–Kier alpha value is -7.22. The summed E-state index contributed by atoms with van der Waals surface area (Å²) < 4.78 is 12.3. The molecular formula is C47H41N5O2. The van der Waals surface area contributed by atoms with Crippen molar-refractivity contribution in [3.8, 4) is 23.0 Å². The molecule has 2 aliphatic heterocycles. The number of para-hydroxylation sites is 8. The second-order valence-electron chi connectivity index (χ2n) is 12.4. The zero-order chi connectivity index (χ0) is 37.3. The molecule has 0 bridgehead atoms. The SMILES string of the molecule is C=CC.N/C(=C\N(N)c1cccc(N2c3ccccc3Oc3ccccc32)c1)c1ccc(N2c3ccccc3Oc3ccccc32)cc1.c1ccccc1. The van der Waals surface area contributed by atoms with Crippen LogP contribution in [0.1, 0.15) is 12.5 Å². The average molecular weight is 708 g/mol. The smallest absolute Gasteiger partial charge is 0.151 e. The Bertz CT molecular complexity index is 2260. The van der Waals surface area contributed by atoms with E-state index in [4.69, 9.17) is 21.1 Å². The molecule has 0 saturated carbocycles. The van der Waals surface area contributed by atoms with Gasteiger partial charge in [0.05, 0.1) is 34.1 Å². The van der Waals surface area contributed by atoms with Gasteiger partial charge in [0.25, 0.3) is 0 Å². The molecule has 7 aromatic carbocycles. The number of fused-ring (bicyclic) bond motifs is 4. The van der Waals surface area contributed by atoms with Crippen LogP contribution in [0.5, 0.6) is 23.0 Å². The van der Waals surface area contributed by atoms with Crippen LogP contribution in [0.25, 0.3) is 5.70 Å². The number of nitrogens with two attached hydrogens (primary N) is 2. The molecule has 0 saturated heterocycles. The van der Waals surface area contributed by atoms with E-state index in [1.54, 1.807) is 17.3 Å². The summed E-state index contributed by atoms with van der Waals surface area (Å²) in [7, 11) is 0. The number of hydrogen-bond acceptors (Lipinski definition) is 7. The summed E-state index contributed by atoms with van der Waals surface area (Å²) in [4.78, 5) is 4.37. The second-order valence-corrected chi connectivity index (χ2v) is 12.4. The van der Waals surface area contributed by atoms with Crippen molar-refractivity contribution in [3.05, 3.63) is 206 Å². The van der Waals surface area contributed by atoms with Crippen LogP contribution in [0.3, 0.4) is 0 Å². The van der Waals surface area contributed by atoms with E-state index < -0.39 is 0 Å². The van der Waals surface area contributed by atoms with E-state index in [9.17, 15) is 0 Å². The molecule has 0 fully saturated rings. The number of allylic oxidation sites excluding steroid dienone is 1. The van der Waals surface area contributed by atoms with E-state index in [1.165, 1.54) is 0 Å². The second kappa shape index (κ2) is 16.4. The van der Waals surface area contributed by atoms with Crippen LogP contribution in [-0.4, -0.2) is 0 Å². The number of hydrogen-bond donors (Lipinski definition) is 2. The zero-order valence-electron chi connectivity index (χ0n) is 30.0. The fourth-order valence-electron chi connectivity index (χ4n) is 6.25. The highest BCUT2D eigenvalue weighted by Gasteiger charge is 2.26. The van der Waals surface area contributed by atoms with Gasteiger partial charge in [-0.05, 0) is 91.3 Å². The normalized spacial score (nSPS) is 12.0. The molecule has 9 rings (SSSR count). The summed E-state index contributed by atoms with van der Waals surface area (Å²) in [6, 6.07) is 60.3. The third kappa shape index (κ3) is 7.53. The predicted molar refractivity (Wildman–Crippen MR) is 224 cm³/mol. The number of anilines is 7. The highest BCUT2D eigenvalue weighted by molar-refractivity contribution is 5.88. The maximum atomic E-state index is 6.60. The van der Waals surface area contributed by atoms with Gasteiger partial charge in [-0.2, -0.15) is 0 Å². The molecule has 266 valence electrons. The monoisotopic (exact) mass is 707 g/mol. The van der Waals surface area contributed by atoms with E-state index in [0.717, 1.165) is 68.4 Å². The maximum Gasteiger partial charge on any atom is 0.151 e. The van der Waals surface area contributed by atoms with Crippen molar-refractivity contribution in [2.24, 2.45) is 11.6 Å². The minimum atomic E-state index is 0.541. The molecule has 0 spiro atoms. The first-order chi connectivity index (χ1) is 26.6. The quantitative estimate of drug-likeness (QED) is 0.105. The Morgan fingerprint density at radius 3 is 1.33 bits per heavy atom. The van der Waals surface area contributed by atoms with Crippen LogP contribution in [0, 0.1) is 0 Å². The molecule has 4 N–H and O–H groups in total. The van der Waals surface area contributed by atoms with E-state index in [-0.39, 0.29) is 0 Å². The molecule has 7 heteroatoms. The molecule has 0 unspecified atom stereocenters. The summed E-state index contributed by atoms with van der Waals surface area (Å²) in [6.45, 7) is 5.25. The van der Waals surface area contributed by atoms with Crippen molar-refractivity contribution in [2.45, 2.75) is 6.92 Å². The van der Waals surface area contributed by atoms with Gasteiger partial charge in [0.2, 0.25) is 0 Å². The lowest BCUT2D eigenvalue weighted by atomic mass is 10.1.